The van der Waals surface area contributed by atoms with Gasteiger partial charge in [-0.15, -0.1) is 16.4 Å². The molecule has 0 unspecified atom stereocenters. The van der Waals surface area contributed by atoms with Crippen molar-refractivity contribution in [1.29, 1.82) is 0 Å². The van der Waals surface area contributed by atoms with Gasteiger partial charge in [0.2, 0.25) is 0 Å². The molecule has 6 aromatic rings. The number of nitrogens with zero attached hydrogens (tertiary/aromatic N) is 6. The van der Waals surface area contributed by atoms with Crippen LogP contribution in [-0.4, -0.2) is 37.1 Å². The molecule has 0 aliphatic heterocycles. The third kappa shape index (κ3) is 5.69. The smallest absolute Gasteiger partial charge is 0.180 e. The minimum Gasteiger partial charge on any atom is -0.355 e. The molecule has 0 saturated carbocycles. The van der Waals surface area contributed by atoms with Gasteiger partial charge in [0.25, 0.3) is 0 Å². The third-order valence-electron chi connectivity index (χ3n) is 6.53. The summed E-state index contributed by atoms with van der Waals surface area (Å²) in [5, 5.41) is 19.4. The molecule has 0 spiro atoms. The van der Waals surface area contributed by atoms with Crippen LogP contribution in [0.4, 0.5) is 17.2 Å². The Morgan fingerprint density at radius 2 is 1.68 bits per heavy atom. The number of pyridine rings is 1. The zero-order valence-electron chi connectivity index (χ0n) is 22.7. The fourth-order valence-electron chi connectivity index (χ4n) is 4.84. The number of aromatic amines is 1. The van der Waals surface area contributed by atoms with E-state index in [0.29, 0.717) is 11.7 Å². The van der Waals surface area contributed by atoms with Gasteiger partial charge in [0.15, 0.2) is 5.82 Å². The maximum atomic E-state index is 5.21. The number of aromatic nitrogens is 6. The van der Waals surface area contributed by atoms with Crippen LogP contribution in [0.3, 0.4) is 0 Å². The number of H-pyrrole nitrogens is 1. The summed E-state index contributed by atoms with van der Waals surface area (Å²) in [6.07, 6.45) is 0. The van der Waals surface area contributed by atoms with Crippen LogP contribution in [-0.2, 0) is 6.54 Å². The number of hydrogen-bond acceptors (Lipinski definition) is 8. The topological polar surface area (TPSA) is 95.5 Å². The number of benzene rings is 3. The second kappa shape index (κ2) is 11.2. The van der Waals surface area contributed by atoms with Gasteiger partial charge >= 0.3 is 0 Å². The lowest BCUT2D eigenvalue weighted by Gasteiger charge is -2.27. The number of nitrogens with one attached hydrogen (secondary N) is 2. The Morgan fingerprint density at radius 1 is 0.875 bits per heavy atom. The Hall–Kier alpha value is -4.63. The second-order valence-electron chi connectivity index (χ2n) is 10.2. The number of tetrazole rings is 1. The molecule has 0 bridgehead atoms. The van der Waals surface area contributed by atoms with E-state index in [1.807, 2.05) is 31.2 Å². The van der Waals surface area contributed by atoms with E-state index in [9.17, 15) is 0 Å². The lowest BCUT2D eigenvalue weighted by atomic mass is 10.0. The highest BCUT2D eigenvalue weighted by Crippen LogP contribution is 2.34. The summed E-state index contributed by atoms with van der Waals surface area (Å²) in [5.74, 6) is 1.96. The molecule has 3 aromatic heterocycles. The maximum Gasteiger partial charge on any atom is 0.180 e. The van der Waals surface area contributed by atoms with E-state index in [2.05, 4.69) is 110 Å². The molecule has 3 heterocycles. The molecule has 9 heteroatoms. The van der Waals surface area contributed by atoms with Crippen molar-refractivity contribution in [2.45, 2.75) is 27.3 Å². The molecule has 0 radical (unpaired) electrons. The van der Waals surface area contributed by atoms with Crippen molar-refractivity contribution in [3.8, 4) is 22.6 Å². The molecule has 2 N–H and O–H groups in total. The van der Waals surface area contributed by atoms with Crippen molar-refractivity contribution in [2.75, 3.05) is 16.8 Å². The Balaban J connectivity index is 1.46. The second-order valence-corrected chi connectivity index (χ2v) is 11.4. The van der Waals surface area contributed by atoms with E-state index in [1.165, 1.54) is 5.56 Å². The van der Waals surface area contributed by atoms with Crippen LogP contribution in [0.25, 0.3) is 32.9 Å². The van der Waals surface area contributed by atoms with Crippen LogP contribution >= 0.6 is 11.3 Å². The molecular formula is C31H30N8S. The number of hydrogen-bond donors (Lipinski definition) is 2. The van der Waals surface area contributed by atoms with Crippen LogP contribution < -0.4 is 10.2 Å². The van der Waals surface area contributed by atoms with Crippen LogP contribution in [0.5, 0.6) is 0 Å². The minimum absolute atomic E-state index is 0.454. The molecule has 0 aliphatic carbocycles. The first-order valence-corrected chi connectivity index (χ1v) is 14.1. The first kappa shape index (κ1) is 25.6. The van der Waals surface area contributed by atoms with E-state index in [0.717, 1.165) is 62.3 Å². The molecule has 0 atom stereocenters. The molecular weight excluding hydrogens is 516 g/mol. The summed E-state index contributed by atoms with van der Waals surface area (Å²) in [6.45, 7) is 8.13. The van der Waals surface area contributed by atoms with Crippen molar-refractivity contribution in [3.05, 3.63) is 95.5 Å². The average Bonchev–Trinajstić information content (AvgIpc) is 3.62. The normalized spacial score (nSPS) is 11.3. The molecule has 40 heavy (non-hydrogen) atoms. The number of thiazole rings is 1. The Bertz CT molecular complexity index is 1730. The highest BCUT2D eigenvalue weighted by atomic mass is 32.1. The number of anilines is 3. The Labute approximate surface area is 237 Å². The lowest BCUT2D eigenvalue weighted by molar-refractivity contribution is 0.605. The van der Waals surface area contributed by atoms with Crippen molar-refractivity contribution in [1.82, 2.24) is 30.6 Å². The van der Waals surface area contributed by atoms with Crippen molar-refractivity contribution >= 4 is 38.7 Å². The number of rotatable bonds is 9. The molecule has 0 aliphatic rings. The largest absolute Gasteiger partial charge is 0.355 e. The summed E-state index contributed by atoms with van der Waals surface area (Å²) < 4.78 is 1.16. The summed E-state index contributed by atoms with van der Waals surface area (Å²) in [7, 11) is 0. The van der Waals surface area contributed by atoms with Crippen LogP contribution in [0, 0.1) is 12.8 Å². The highest BCUT2D eigenvalue weighted by Gasteiger charge is 2.17. The molecule has 0 saturated heterocycles. The van der Waals surface area contributed by atoms with Gasteiger partial charge in [0.1, 0.15) is 5.82 Å². The van der Waals surface area contributed by atoms with Crippen LogP contribution in [0.1, 0.15) is 24.4 Å². The van der Waals surface area contributed by atoms with Gasteiger partial charge in [0.05, 0.1) is 20.9 Å². The summed E-state index contributed by atoms with van der Waals surface area (Å²) >= 11 is 1.70. The van der Waals surface area contributed by atoms with Crippen molar-refractivity contribution in [3.63, 3.8) is 0 Å². The predicted octanol–water partition coefficient (Wildman–Crippen LogP) is 7.25. The molecule has 200 valence electrons. The monoisotopic (exact) mass is 546 g/mol. The van der Waals surface area contributed by atoms with Gasteiger partial charge in [-0.3, -0.25) is 0 Å². The zero-order chi connectivity index (χ0) is 27.5. The van der Waals surface area contributed by atoms with Crippen molar-refractivity contribution < 1.29 is 0 Å². The van der Waals surface area contributed by atoms with Crippen molar-refractivity contribution in [2.24, 2.45) is 5.92 Å². The highest BCUT2D eigenvalue weighted by molar-refractivity contribution is 7.18. The maximum absolute atomic E-state index is 5.21. The third-order valence-corrected chi connectivity index (χ3v) is 7.46. The molecule has 3 aromatic carbocycles. The summed E-state index contributed by atoms with van der Waals surface area (Å²) in [6, 6.07) is 29.1. The van der Waals surface area contributed by atoms with Gasteiger partial charge in [-0.1, -0.05) is 68.4 Å². The first-order chi connectivity index (χ1) is 19.5. The number of aryl methyl sites for hydroxylation is 1. The van der Waals surface area contributed by atoms with E-state index < -0.39 is 0 Å². The van der Waals surface area contributed by atoms with Gasteiger partial charge in [0, 0.05) is 41.7 Å². The molecule has 0 amide bonds. The number of fused-ring (bicyclic) bond motifs is 1. The first-order valence-electron chi connectivity index (χ1n) is 13.3. The lowest BCUT2D eigenvalue weighted by Crippen LogP contribution is -2.28. The van der Waals surface area contributed by atoms with E-state index in [1.54, 1.807) is 11.3 Å². The predicted molar refractivity (Wildman–Crippen MR) is 163 cm³/mol. The minimum atomic E-state index is 0.454. The molecule has 0 fully saturated rings. The van der Waals surface area contributed by atoms with Gasteiger partial charge in [-0.25, -0.2) is 15.1 Å². The molecule has 6 rings (SSSR count). The fraction of sp³-hybridized carbons (Fsp3) is 0.194. The van der Waals surface area contributed by atoms with E-state index in [4.69, 9.17) is 4.98 Å². The average molecular weight is 547 g/mol. The summed E-state index contributed by atoms with van der Waals surface area (Å²) in [5.41, 5.74) is 6.89. The van der Waals surface area contributed by atoms with Crippen LogP contribution in [0.15, 0.2) is 84.9 Å². The van der Waals surface area contributed by atoms with E-state index >= 15 is 0 Å². The van der Waals surface area contributed by atoms with Gasteiger partial charge < -0.3 is 10.2 Å². The standard InChI is InChI=1S/C31H30N8S/c1-20(2)18-39(19-22-9-5-4-6-10-22)30-17-24(33-23-13-14-27-29(16-23)40-21(3)32-27)15-28(34-30)25-11-7-8-12-26(25)31-35-37-38-36-31/h4-17,20H,18-19H2,1-3H3,(H,33,34)(H,35,36,37,38). The summed E-state index contributed by atoms with van der Waals surface area (Å²) in [4.78, 5) is 12.2. The van der Waals surface area contributed by atoms with Gasteiger partial charge in [-0.2, -0.15) is 0 Å². The molecule has 8 nitrogen and oxygen atoms in total. The SMILES string of the molecule is Cc1nc2ccc(Nc3cc(-c4ccccc4-c4nnn[nH]4)nc(N(Cc4ccccc4)CC(C)C)c3)cc2s1. The zero-order valence-corrected chi connectivity index (χ0v) is 23.5. The Kier molecular flexibility index (Phi) is 7.20. The van der Waals surface area contributed by atoms with Crippen LogP contribution in [0.2, 0.25) is 0 Å². The quantitative estimate of drug-likeness (QED) is 0.197. The fourth-order valence-corrected chi connectivity index (χ4v) is 5.71. The Morgan fingerprint density at radius 3 is 2.45 bits per heavy atom. The van der Waals surface area contributed by atoms with Gasteiger partial charge in [-0.05, 0) is 53.1 Å². The van der Waals surface area contributed by atoms with E-state index in [-0.39, 0.29) is 0 Å².